The summed E-state index contributed by atoms with van der Waals surface area (Å²) in [5, 5.41) is 3.35. The lowest BCUT2D eigenvalue weighted by atomic mass is 9.85. The predicted molar refractivity (Wildman–Crippen MR) is 132 cm³/mol. The molecule has 186 valence electrons. The van der Waals surface area contributed by atoms with Crippen LogP contribution in [0, 0.1) is 11.2 Å². The molecule has 1 aromatic heterocycles. The van der Waals surface area contributed by atoms with Crippen LogP contribution in [-0.2, 0) is 17.9 Å². The predicted octanol–water partition coefficient (Wildman–Crippen LogP) is 4.19. The average molecular weight is 492 g/mol. The fraction of sp³-hybridized carbons (Fsp3) is 0.560. The zero-order valence-electron chi connectivity index (χ0n) is 20.9. The molecule has 1 aliphatic rings. The molecule has 0 spiro atoms. The van der Waals surface area contributed by atoms with Gasteiger partial charge in [-0.3, -0.25) is 9.59 Å². The van der Waals surface area contributed by atoms with Crippen molar-refractivity contribution in [2.45, 2.75) is 60.2 Å². The average Bonchev–Trinajstić information content (AvgIpc) is 2.99. The summed E-state index contributed by atoms with van der Waals surface area (Å²) in [6, 6.07) is 3.60. The monoisotopic (exact) mass is 491 g/mol. The number of hydrogen-bond acceptors (Lipinski definition) is 4. The zero-order chi connectivity index (χ0) is 25.2. The van der Waals surface area contributed by atoms with Crippen LogP contribution >= 0.6 is 11.6 Å². The quantitative estimate of drug-likeness (QED) is 0.657. The van der Waals surface area contributed by atoms with Gasteiger partial charge in [-0.1, -0.05) is 32.4 Å². The number of hydrogen-bond donors (Lipinski definition) is 1. The van der Waals surface area contributed by atoms with Gasteiger partial charge in [0.05, 0.1) is 11.3 Å². The molecule has 1 unspecified atom stereocenters. The van der Waals surface area contributed by atoms with E-state index in [0.717, 1.165) is 13.0 Å². The smallest absolute Gasteiger partial charge is 0.272 e. The summed E-state index contributed by atoms with van der Waals surface area (Å²) in [5.41, 5.74) is 0.661. The van der Waals surface area contributed by atoms with Crippen molar-refractivity contribution in [1.29, 1.82) is 0 Å². The maximum atomic E-state index is 14.8. The maximum absolute atomic E-state index is 14.8. The Kier molecular flexibility index (Phi) is 8.03. The number of fused-ring (bicyclic) bond motifs is 1. The second-order valence-corrected chi connectivity index (χ2v) is 10.3. The number of imidazole rings is 1. The largest absolute Gasteiger partial charge is 0.341 e. The van der Waals surface area contributed by atoms with Crippen LogP contribution in [0.25, 0.3) is 11.4 Å². The molecule has 0 saturated heterocycles. The molecule has 7 nitrogen and oxygen atoms in total. The van der Waals surface area contributed by atoms with Crippen LogP contribution in [0.5, 0.6) is 0 Å². The van der Waals surface area contributed by atoms with Crippen molar-refractivity contribution in [3.63, 3.8) is 0 Å². The molecule has 1 atom stereocenters. The molecule has 2 amide bonds. The Morgan fingerprint density at radius 1 is 1.24 bits per heavy atom. The normalized spacial score (nSPS) is 15.4. The molecule has 0 aliphatic carbocycles. The van der Waals surface area contributed by atoms with E-state index in [9.17, 15) is 14.0 Å². The topological polar surface area (TPSA) is 70.5 Å². The van der Waals surface area contributed by atoms with Crippen LogP contribution in [-0.4, -0.2) is 63.9 Å². The van der Waals surface area contributed by atoms with Gasteiger partial charge in [0.1, 0.15) is 17.7 Å². The van der Waals surface area contributed by atoms with E-state index in [-0.39, 0.29) is 17.2 Å². The lowest BCUT2D eigenvalue weighted by Crippen LogP contribution is -2.54. The number of carbonyl (C=O) groups excluding carboxylic acids is 2. The summed E-state index contributed by atoms with van der Waals surface area (Å²) >= 11 is 6.15. The first-order valence-electron chi connectivity index (χ1n) is 11.8. The van der Waals surface area contributed by atoms with E-state index in [1.54, 1.807) is 4.90 Å². The minimum Gasteiger partial charge on any atom is -0.341 e. The van der Waals surface area contributed by atoms with Crippen LogP contribution in [0.2, 0.25) is 5.02 Å². The Bertz CT molecular complexity index is 1060. The fourth-order valence-corrected chi connectivity index (χ4v) is 4.52. The summed E-state index contributed by atoms with van der Waals surface area (Å²) in [6.07, 6.45) is 0.834. The molecule has 1 aromatic carbocycles. The first-order valence-corrected chi connectivity index (χ1v) is 12.2. The Hall–Kier alpha value is -2.45. The van der Waals surface area contributed by atoms with E-state index in [0.29, 0.717) is 42.7 Å². The molecule has 34 heavy (non-hydrogen) atoms. The number of aromatic nitrogens is 2. The van der Waals surface area contributed by atoms with E-state index in [2.05, 4.69) is 15.2 Å². The second kappa shape index (κ2) is 10.4. The van der Waals surface area contributed by atoms with Crippen LogP contribution in [0.1, 0.15) is 57.2 Å². The van der Waals surface area contributed by atoms with Crippen LogP contribution in [0.3, 0.4) is 0 Å². The number of carbonyl (C=O) groups is 2. The zero-order valence-corrected chi connectivity index (χ0v) is 21.7. The Balaban J connectivity index is 2.07. The van der Waals surface area contributed by atoms with Gasteiger partial charge < -0.3 is 19.7 Å². The van der Waals surface area contributed by atoms with Gasteiger partial charge in [-0.2, -0.15) is 0 Å². The van der Waals surface area contributed by atoms with Gasteiger partial charge in [0, 0.05) is 31.2 Å². The van der Waals surface area contributed by atoms with E-state index >= 15 is 0 Å². The minimum absolute atomic E-state index is 0.130. The molecular formula is C25H35ClFN5O2. The molecule has 1 aliphatic heterocycles. The molecule has 2 heterocycles. The van der Waals surface area contributed by atoms with Gasteiger partial charge in [0.25, 0.3) is 5.91 Å². The first kappa shape index (κ1) is 26.2. The summed E-state index contributed by atoms with van der Waals surface area (Å²) in [4.78, 5) is 35.3. The van der Waals surface area contributed by atoms with Gasteiger partial charge in [0.15, 0.2) is 5.69 Å². The summed E-state index contributed by atoms with van der Waals surface area (Å²) in [5.74, 6) is -0.647. The first-order chi connectivity index (χ1) is 16.0. The van der Waals surface area contributed by atoms with Crippen molar-refractivity contribution in [3.8, 4) is 11.4 Å². The van der Waals surface area contributed by atoms with Gasteiger partial charge in [-0.05, 0) is 57.5 Å². The number of rotatable bonds is 6. The molecule has 0 saturated carbocycles. The summed E-state index contributed by atoms with van der Waals surface area (Å²) in [7, 11) is 1.98. The molecule has 2 aromatic rings. The number of nitrogens with zero attached hydrogens (tertiary/aromatic N) is 4. The minimum atomic E-state index is -0.730. The Morgan fingerprint density at radius 3 is 2.53 bits per heavy atom. The van der Waals surface area contributed by atoms with Crippen molar-refractivity contribution < 1.29 is 14.0 Å². The van der Waals surface area contributed by atoms with E-state index in [1.165, 1.54) is 18.2 Å². The third-order valence-electron chi connectivity index (χ3n) is 6.26. The lowest BCUT2D eigenvalue weighted by molar-refractivity contribution is -0.135. The highest BCUT2D eigenvalue weighted by atomic mass is 35.5. The number of amides is 2. The fourth-order valence-electron chi connectivity index (χ4n) is 4.34. The molecule has 0 bridgehead atoms. The van der Waals surface area contributed by atoms with Crippen LogP contribution in [0.4, 0.5) is 4.39 Å². The Morgan fingerprint density at radius 2 is 1.91 bits per heavy atom. The molecular weight excluding hydrogens is 457 g/mol. The molecule has 1 N–H and O–H groups in total. The molecule has 0 fully saturated rings. The molecule has 9 heteroatoms. The van der Waals surface area contributed by atoms with Crippen LogP contribution < -0.4 is 5.32 Å². The standard InChI is InChI=1S/C25H35ClFN5O2/c1-7-31(8-2)24(34)21(25(3,4)5)29-23(33)20-19-15-30(6)12-9-13-32(19)22(28-20)17-14-16(26)10-11-18(17)27/h10-11,14,21H,7-9,12-13,15H2,1-6H3,(H,29,33). The van der Waals surface area contributed by atoms with Crippen molar-refractivity contribution in [2.75, 3.05) is 26.7 Å². The number of likely N-dealkylation sites (N-methyl/N-ethyl adjacent to an activating group) is 1. The number of benzene rings is 1. The van der Waals surface area contributed by atoms with Crippen molar-refractivity contribution in [3.05, 3.63) is 40.4 Å². The summed E-state index contributed by atoms with van der Waals surface area (Å²) < 4.78 is 16.7. The van der Waals surface area contributed by atoms with Gasteiger partial charge in [-0.15, -0.1) is 0 Å². The van der Waals surface area contributed by atoms with E-state index < -0.39 is 23.2 Å². The highest BCUT2D eigenvalue weighted by Crippen LogP contribution is 2.30. The lowest BCUT2D eigenvalue weighted by Gasteiger charge is -2.34. The van der Waals surface area contributed by atoms with E-state index in [4.69, 9.17) is 11.6 Å². The summed E-state index contributed by atoms with van der Waals surface area (Å²) in [6.45, 7) is 12.6. The molecule has 3 rings (SSSR count). The van der Waals surface area contributed by atoms with E-state index in [1.807, 2.05) is 46.2 Å². The Labute approximate surface area is 206 Å². The highest BCUT2D eigenvalue weighted by Gasteiger charge is 2.37. The third kappa shape index (κ3) is 5.44. The van der Waals surface area contributed by atoms with Gasteiger partial charge in [0.2, 0.25) is 5.91 Å². The van der Waals surface area contributed by atoms with Gasteiger partial charge in [-0.25, -0.2) is 9.37 Å². The molecule has 0 radical (unpaired) electrons. The van der Waals surface area contributed by atoms with Crippen LogP contribution in [0.15, 0.2) is 18.2 Å². The number of halogens is 2. The number of nitrogens with one attached hydrogen (secondary N) is 1. The third-order valence-corrected chi connectivity index (χ3v) is 6.50. The van der Waals surface area contributed by atoms with Gasteiger partial charge >= 0.3 is 0 Å². The SMILES string of the molecule is CCN(CC)C(=O)C(NC(=O)c1nc(-c2cc(Cl)ccc2F)n2c1CN(C)CCC2)C(C)(C)C. The highest BCUT2D eigenvalue weighted by molar-refractivity contribution is 6.30. The van der Waals surface area contributed by atoms with Crippen molar-refractivity contribution in [2.24, 2.45) is 5.41 Å². The van der Waals surface area contributed by atoms with Crippen molar-refractivity contribution >= 4 is 23.4 Å². The second-order valence-electron chi connectivity index (χ2n) is 9.88. The maximum Gasteiger partial charge on any atom is 0.272 e. The van der Waals surface area contributed by atoms with Crippen molar-refractivity contribution in [1.82, 2.24) is 24.7 Å².